The van der Waals surface area contributed by atoms with Crippen LogP contribution in [0, 0.1) is 5.92 Å². The predicted molar refractivity (Wildman–Crippen MR) is 89.0 cm³/mol. The van der Waals surface area contributed by atoms with Crippen LogP contribution in [0.25, 0.3) is 0 Å². The van der Waals surface area contributed by atoms with Gasteiger partial charge in [-0.3, -0.25) is 14.4 Å². The van der Waals surface area contributed by atoms with E-state index in [1.807, 2.05) is 13.8 Å². The van der Waals surface area contributed by atoms with Crippen molar-refractivity contribution >= 4 is 17.8 Å². The van der Waals surface area contributed by atoms with Gasteiger partial charge in [-0.25, -0.2) is 0 Å². The van der Waals surface area contributed by atoms with Gasteiger partial charge in [0.25, 0.3) is 5.91 Å². The molecular formula is C17H24N2O5. The van der Waals surface area contributed by atoms with Crippen molar-refractivity contribution in [1.82, 2.24) is 10.6 Å². The van der Waals surface area contributed by atoms with E-state index in [1.165, 1.54) is 0 Å². The first kappa shape index (κ1) is 19.5. The quantitative estimate of drug-likeness (QED) is 0.599. The van der Waals surface area contributed by atoms with E-state index in [0.29, 0.717) is 24.3 Å². The summed E-state index contributed by atoms with van der Waals surface area (Å²) in [5.74, 6) is -1.67. The Hall–Kier alpha value is -2.57. The Morgan fingerprint density at radius 2 is 1.79 bits per heavy atom. The summed E-state index contributed by atoms with van der Waals surface area (Å²) in [5.41, 5.74) is 0.417. The van der Waals surface area contributed by atoms with Crippen LogP contribution >= 0.6 is 0 Å². The van der Waals surface area contributed by atoms with E-state index < -0.39 is 17.8 Å². The van der Waals surface area contributed by atoms with Crippen molar-refractivity contribution in [2.45, 2.75) is 26.7 Å². The van der Waals surface area contributed by atoms with Crippen LogP contribution in [-0.2, 0) is 9.59 Å². The number of amides is 2. The molecule has 0 radical (unpaired) electrons. The monoisotopic (exact) mass is 336 g/mol. The molecule has 0 aliphatic carbocycles. The molecule has 0 bridgehead atoms. The van der Waals surface area contributed by atoms with Gasteiger partial charge in [0.2, 0.25) is 5.91 Å². The van der Waals surface area contributed by atoms with E-state index in [0.717, 1.165) is 6.42 Å². The fraction of sp³-hybridized carbons (Fsp3) is 0.471. The minimum atomic E-state index is -0.935. The minimum absolute atomic E-state index is 0.0565. The van der Waals surface area contributed by atoms with E-state index in [4.69, 9.17) is 9.84 Å². The number of hydrogen-bond acceptors (Lipinski definition) is 4. The van der Waals surface area contributed by atoms with Gasteiger partial charge in [-0.05, 0) is 37.6 Å². The van der Waals surface area contributed by atoms with Crippen LogP contribution in [0.15, 0.2) is 24.3 Å². The molecule has 1 unspecified atom stereocenters. The van der Waals surface area contributed by atoms with E-state index >= 15 is 0 Å². The van der Waals surface area contributed by atoms with Gasteiger partial charge in [0.1, 0.15) is 5.75 Å². The van der Waals surface area contributed by atoms with Crippen LogP contribution in [0.5, 0.6) is 5.75 Å². The van der Waals surface area contributed by atoms with Crippen LogP contribution in [0.1, 0.15) is 37.0 Å². The fourth-order valence-electron chi connectivity index (χ4n) is 2.09. The normalized spacial score (nSPS) is 11.4. The van der Waals surface area contributed by atoms with Crippen molar-refractivity contribution in [2.24, 2.45) is 5.92 Å². The lowest BCUT2D eigenvalue weighted by Crippen LogP contribution is -2.40. The minimum Gasteiger partial charge on any atom is -0.494 e. The molecule has 0 saturated carbocycles. The molecule has 0 fully saturated rings. The van der Waals surface area contributed by atoms with Crippen LogP contribution in [0.3, 0.4) is 0 Å². The molecule has 1 atom stereocenters. The van der Waals surface area contributed by atoms with Crippen LogP contribution < -0.4 is 15.4 Å². The highest BCUT2D eigenvalue weighted by Gasteiger charge is 2.17. The van der Waals surface area contributed by atoms with Gasteiger partial charge >= 0.3 is 5.97 Å². The number of carboxylic acids is 1. The molecule has 132 valence electrons. The summed E-state index contributed by atoms with van der Waals surface area (Å²) in [6, 6.07) is 6.58. The third kappa shape index (κ3) is 6.68. The molecule has 0 spiro atoms. The number of ether oxygens (including phenoxy) is 1. The molecule has 7 heteroatoms. The summed E-state index contributed by atoms with van der Waals surface area (Å²) in [4.78, 5) is 34.6. The first-order valence-electron chi connectivity index (χ1n) is 7.98. The fourth-order valence-corrected chi connectivity index (χ4v) is 2.09. The smallest absolute Gasteiger partial charge is 0.308 e. The third-order valence-electron chi connectivity index (χ3n) is 3.37. The van der Waals surface area contributed by atoms with Crippen LogP contribution in [0.2, 0.25) is 0 Å². The van der Waals surface area contributed by atoms with Crippen molar-refractivity contribution in [1.29, 1.82) is 0 Å². The molecule has 1 aromatic carbocycles. The maximum atomic E-state index is 11.9. The van der Waals surface area contributed by atoms with Gasteiger partial charge in [-0.2, -0.15) is 0 Å². The van der Waals surface area contributed by atoms with Crippen LogP contribution in [-0.4, -0.2) is 42.6 Å². The highest BCUT2D eigenvalue weighted by molar-refractivity contribution is 5.96. The number of aliphatic carboxylic acids is 1. The maximum Gasteiger partial charge on any atom is 0.308 e. The summed E-state index contributed by atoms with van der Waals surface area (Å²) >= 11 is 0. The molecule has 1 rings (SSSR count). The Balaban J connectivity index is 2.40. The average Bonchev–Trinajstić information content (AvgIpc) is 2.57. The summed E-state index contributed by atoms with van der Waals surface area (Å²) in [7, 11) is 0. The van der Waals surface area contributed by atoms with Gasteiger partial charge in [-0.15, -0.1) is 0 Å². The standard InChI is InChI=1S/C17H24N2O5/c1-3-5-13(17(22)23)10-18-15(20)11-19-16(21)12-6-8-14(9-7-12)24-4-2/h6-9,13H,3-5,10-11H2,1-2H3,(H,18,20)(H,19,21)(H,22,23). The Bertz CT molecular complexity index is 557. The molecule has 7 nitrogen and oxygen atoms in total. The second-order valence-electron chi connectivity index (χ2n) is 5.27. The van der Waals surface area contributed by atoms with E-state index in [-0.39, 0.29) is 19.0 Å². The summed E-state index contributed by atoms with van der Waals surface area (Å²) in [5, 5.41) is 14.0. The highest BCUT2D eigenvalue weighted by Crippen LogP contribution is 2.11. The molecule has 0 aliphatic heterocycles. The third-order valence-corrected chi connectivity index (χ3v) is 3.37. The van der Waals surface area contributed by atoms with Crippen molar-refractivity contribution < 1.29 is 24.2 Å². The molecular weight excluding hydrogens is 312 g/mol. The number of carboxylic acid groups (broad SMARTS) is 1. The van der Waals surface area contributed by atoms with Gasteiger partial charge in [0.05, 0.1) is 19.1 Å². The average molecular weight is 336 g/mol. The van der Waals surface area contributed by atoms with E-state index in [1.54, 1.807) is 24.3 Å². The van der Waals surface area contributed by atoms with Crippen molar-refractivity contribution in [2.75, 3.05) is 19.7 Å². The van der Waals surface area contributed by atoms with Gasteiger partial charge < -0.3 is 20.5 Å². The molecule has 0 heterocycles. The highest BCUT2D eigenvalue weighted by atomic mass is 16.5. The molecule has 3 N–H and O–H groups in total. The molecule has 0 saturated heterocycles. The Kier molecular flexibility index (Phi) is 8.32. The zero-order chi connectivity index (χ0) is 17.9. The van der Waals surface area contributed by atoms with Crippen molar-refractivity contribution in [3.63, 3.8) is 0 Å². The Morgan fingerprint density at radius 1 is 1.12 bits per heavy atom. The first-order chi connectivity index (χ1) is 11.5. The molecule has 2 amide bonds. The van der Waals surface area contributed by atoms with Gasteiger partial charge in [0.15, 0.2) is 0 Å². The number of benzene rings is 1. The largest absolute Gasteiger partial charge is 0.494 e. The summed E-state index contributed by atoms with van der Waals surface area (Å²) < 4.78 is 5.29. The molecule has 1 aromatic rings. The number of rotatable bonds is 10. The van der Waals surface area contributed by atoms with Gasteiger partial charge in [-0.1, -0.05) is 13.3 Å². The maximum absolute atomic E-state index is 11.9. The topological polar surface area (TPSA) is 105 Å². The van der Waals surface area contributed by atoms with Gasteiger partial charge in [0, 0.05) is 12.1 Å². The Morgan fingerprint density at radius 3 is 2.33 bits per heavy atom. The zero-order valence-corrected chi connectivity index (χ0v) is 14.0. The van der Waals surface area contributed by atoms with Crippen LogP contribution in [0.4, 0.5) is 0 Å². The second kappa shape index (κ2) is 10.3. The molecule has 24 heavy (non-hydrogen) atoms. The second-order valence-corrected chi connectivity index (χ2v) is 5.27. The summed E-state index contributed by atoms with van der Waals surface area (Å²) in [6.45, 7) is 4.15. The number of carbonyl (C=O) groups is 3. The predicted octanol–water partition coefficient (Wildman–Crippen LogP) is 1.43. The Labute approximate surface area is 141 Å². The van der Waals surface area contributed by atoms with Crippen molar-refractivity contribution in [3.05, 3.63) is 29.8 Å². The summed E-state index contributed by atoms with van der Waals surface area (Å²) in [6.07, 6.45) is 1.22. The lowest BCUT2D eigenvalue weighted by atomic mass is 10.0. The number of nitrogens with one attached hydrogen (secondary N) is 2. The first-order valence-corrected chi connectivity index (χ1v) is 7.98. The van der Waals surface area contributed by atoms with E-state index in [2.05, 4.69) is 10.6 Å². The lowest BCUT2D eigenvalue weighted by molar-refractivity contribution is -0.141. The zero-order valence-electron chi connectivity index (χ0n) is 14.0. The van der Waals surface area contributed by atoms with E-state index in [9.17, 15) is 14.4 Å². The SMILES string of the molecule is CCCC(CNC(=O)CNC(=O)c1ccc(OCC)cc1)C(=O)O. The molecule has 0 aromatic heterocycles. The number of carbonyl (C=O) groups excluding carboxylic acids is 2. The van der Waals surface area contributed by atoms with Crippen molar-refractivity contribution in [3.8, 4) is 5.75 Å². The lowest BCUT2D eigenvalue weighted by Gasteiger charge is -2.12. The number of hydrogen-bond donors (Lipinski definition) is 3. The molecule has 0 aliphatic rings.